The van der Waals surface area contributed by atoms with Crippen molar-refractivity contribution in [3.8, 4) is 23.0 Å². The van der Waals surface area contributed by atoms with Gasteiger partial charge in [0.1, 0.15) is 29.3 Å². The quantitative estimate of drug-likeness (QED) is 0.387. The van der Waals surface area contributed by atoms with Gasteiger partial charge >= 0.3 is 7.82 Å². The third-order valence-electron chi connectivity index (χ3n) is 3.88. The van der Waals surface area contributed by atoms with Crippen LogP contribution in [0.15, 0.2) is 69.9 Å². The lowest BCUT2D eigenvalue weighted by molar-refractivity contribution is 0.283. The van der Waals surface area contributed by atoms with E-state index in [1.165, 1.54) is 24.3 Å². The molecule has 0 unspecified atom stereocenters. The Morgan fingerprint density at radius 1 is 0.964 bits per heavy atom. The molecule has 8 nitrogen and oxygen atoms in total. The Morgan fingerprint density at radius 3 is 2.46 bits per heavy atom. The van der Waals surface area contributed by atoms with Gasteiger partial charge in [0.2, 0.25) is 0 Å². The zero-order valence-electron chi connectivity index (χ0n) is 14.3. The van der Waals surface area contributed by atoms with E-state index in [0.29, 0.717) is 28.3 Å². The van der Waals surface area contributed by atoms with Gasteiger partial charge in [0.15, 0.2) is 16.8 Å². The number of benzene rings is 3. The summed E-state index contributed by atoms with van der Waals surface area (Å²) in [7, 11) is -4.58. The maximum absolute atomic E-state index is 11.5. The molecule has 9 heteroatoms. The average molecular weight is 399 g/mol. The van der Waals surface area contributed by atoms with Gasteiger partial charge in [0.05, 0.1) is 0 Å². The van der Waals surface area contributed by atoms with Crippen LogP contribution in [0.1, 0.15) is 5.56 Å². The summed E-state index contributed by atoms with van der Waals surface area (Å²) in [6.07, 6.45) is 0. The molecule has 2 N–H and O–H groups in total. The van der Waals surface area contributed by atoms with Crippen molar-refractivity contribution in [2.45, 2.75) is 6.61 Å². The molecule has 0 saturated carbocycles. The number of hydrogen-bond acceptors (Lipinski definition) is 6. The number of rotatable bonds is 5. The molecule has 1 heterocycles. The van der Waals surface area contributed by atoms with E-state index in [9.17, 15) is 9.36 Å². The highest BCUT2D eigenvalue weighted by molar-refractivity contribution is 7.46. The van der Waals surface area contributed by atoms with E-state index in [4.69, 9.17) is 18.9 Å². The highest BCUT2D eigenvalue weighted by atomic mass is 31.2. The lowest BCUT2D eigenvalue weighted by Gasteiger charge is -2.10. The van der Waals surface area contributed by atoms with Gasteiger partial charge in [0, 0.05) is 12.1 Å². The molecule has 0 radical (unpaired) electrons. The van der Waals surface area contributed by atoms with Crippen molar-refractivity contribution in [1.29, 1.82) is 0 Å². The van der Waals surface area contributed by atoms with Gasteiger partial charge in [-0.25, -0.2) is 9.55 Å². The maximum Gasteiger partial charge on any atom is 0.524 e. The molecule has 0 fully saturated rings. The van der Waals surface area contributed by atoms with E-state index in [1.807, 2.05) is 0 Å². The molecule has 0 aromatic heterocycles. The Bertz CT molecular complexity index is 1210. The maximum atomic E-state index is 11.5. The predicted molar refractivity (Wildman–Crippen MR) is 100 cm³/mol. The zero-order valence-corrected chi connectivity index (χ0v) is 15.2. The number of hydrogen-bond donors (Lipinski definition) is 2. The molecule has 2 aromatic rings. The fourth-order valence-electron chi connectivity index (χ4n) is 2.63. The van der Waals surface area contributed by atoms with Gasteiger partial charge in [-0.15, -0.1) is 0 Å². The smallest absolute Gasteiger partial charge is 0.489 e. The molecule has 1 aliphatic heterocycles. The van der Waals surface area contributed by atoms with Crippen LogP contribution in [0.5, 0.6) is 11.5 Å². The molecule has 2 aliphatic rings. The fourth-order valence-corrected chi connectivity index (χ4v) is 3.02. The highest BCUT2D eigenvalue weighted by Crippen LogP contribution is 2.37. The Morgan fingerprint density at radius 2 is 1.71 bits per heavy atom. The second kappa shape index (κ2) is 7.09. The summed E-state index contributed by atoms with van der Waals surface area (Å²) in [4.78, 5) is 33.5. The Balaban J connectivity index is 1.52. The summed E-state index contributed by atoms with van der Waals surface area (Å²) >= 11 is 0. The molecule has 0 bridgehead atoms. The van der Waals surface area contributed by atoms with Gasteiger partial charge in [-0.05, 0) is 42.0 Å². The van der Waals surface area contributed by atoms with Crippen molar-refractivity contribution < 1.29 is 28.0 Å². The number of aromatic nitrogens is 1. The largest absolute Gasteiger partial charge is 0.524 e. The fraction of sp³-hybridized carbons (Fsp3) is 0.0526. The summed E-state index contributed by atoms with van der Waals surface area (Å²) < 4.78 is 26.8. The van der Waals surface area contributed by atoms with Crippen LogP contribution in [0, 0.1) is 0 Å². The van der Waals surface area contributed by atoms with Gasteiger partial charge in [0.25, 0.3) is 0 Å². The minimum Gasteiger partial charge on any atom is -0.489 e. The Kier molecular flexibility index (Phi) is 4.60. The van der Waals surface area contributed by atoms with Crippen LogP contribution in [0.4, 0.5) is 0 Å². The molecular weight excluding hydrogens is 385 g/mol. The summed E-state index contributed by atoms with van der Waals surface area (Å²) in [6.45, 7) is 0.230. The van der Waals surface area contributed by atoms with Crippen LogP contribution < -0.4 is 14.7 Å². The molecule has 0 saturated heterocycles. The number of fused-ring (bicyclic) bond motifs is 2. The van der Waals surface area contributed by atoms with Crippen LogP contribution in [-0.4, -0.2) is 14.8 Å². The van der Waals surface area contributed by atoms with E-state index in [0.717, 1.165) is 5.56 Å². The van der Waals surface area contributed by atoms with Crippen molar-refractivity contribution in [1.82, 2.24) is 4.98 Å². The van der Waals surface area contributed by atoms with Crippen molar-refractivity contribution >= 4 is 18.9 Å². The van der Waals surface area contributed by atoms with Crippen LogP contribution >= 0.6 is 7.82 Å². The summed E-state index contributed by atoms with van der Waals surface area (Å²) in [5.74, 6) is 1.02. The van der Waals surface area contributed by atoms with Crippen molar-refractivity contribution in [3.63, 3.8) is 0 Å². The Hall–Kier alpha value is -3.19. The van der Waals surface area contributed by atoms with Gasteiger partial charge in [-0.1, -0.05) is 12.1 Å². The lowest BCUT2D eigenvalue weighted by Crippen LogP contribution is -1.99. The number of phosphoric acid groups is 1. The van der Waals surface area contributed by atoms with Crippen LogP contribution in [-0.2, 0) is 11.2 Å². The third kappa shape index (κ3) is 4.20. The first-order chi connectivity index (χ1) is 13.4. The first-order valence-corrected chi connectivity index (χ1v) is 9.70. The first-order valence-electron chi connectivity index (χ1n) is 8.17. The standard InChI is InChI=1S/C19H14NO7P/c21-13-3-7-16-18(9-13)26-19-10-15(6-8-17(19)20-16)25-11-12-1-4-14(5-2-12)27-28(22,23)24/h1-10H,11H2,(H2,22,23,24). The molecular formula is C19H14NO7P. The van der Waals surface area contributed by atoms with Gasteiger partial charge in [-0.2, -0.15) is 0 Å². The van der Waals surface area contributed by atoms with Gasteiger partial charge < -0.3 is 13.7 Å². The van der Waals surface area contributed by atoms with Crippen molar-refractivity contribution in [3.05, 3.63) is 76.5 Å². The minimum absolute atomic E-state index is 0.0669. The predicted octanol–water partition coefficient (Wildman–Crippen LogP) is 3.34. The van der Waals surface area contributed by atoms with E-state index in [2.05, 4.69) is 9.51 Å². The summed E-state index contributed by atoms with van der Waals surface area (Å²) in [5.41, 5.74) is 2.34. The average Bonchev–Trinajstić information content (AvgIpc) is 2.64. The van der Waals surface area contributed by atoms with Crippen LogP contribution in [0.2, 0.25) is 0 Å². The lowest BCUT2D eigenvalue weighted by atomic mass is 10.2. The summed E-state index contributed by atoms with van der Waals surface area (Å²) in [5, 5.41) is 0. The van der Waals surface area contributed by atoms with Gasteiger partial charge in [-0.3, -0.25) is 14.6 Å². The molecule has 2 aromatic carbocycles. The normalized spacial score (nSPS) is 11.6. The second-order valence-electron chi connectivity index (χ2n) is 5.99. The molecule has 1 aliphatic carbocycles. The summed E-state index contributed by atoms with van der Waals surface area (Å²) in [6, 6.07) is 15.8. The molecule has 0 amide bonds. The highest BCUT2D eigenvalue weighted by Gasteiger charge is 2.15. The third-order valence-corrected chi connectivity index (χ3v) is 4.33. The molecule has 28 heavy (non-hydrogen) atoms. The van der Waals surface area contributed by atoms with E-state index < -0.39 is 7.82 Å². The first kappa shape index (κ1) is 18.2. The second-order valence-corrected chi connectivity index (χ2v) is 7.15. The number of nitrogens with zero attached hydrogens (tertiary/aromatic N) is 1. The van der Waals surface area contributed by atoms with Crippen molar-refractivity contribution in [2.75, 3.05) is 0 Å². The Labute approximate surface area is 158 Å². The monoisotopic (exact) mass is 399 g/mol. The minimum atomic E-state index is -4.58. The topological polar surface area (TPSA) is 119 Å². The molecule has 0 spiro atoms. The van der Waals surface area contributed by atoms with E-state index in [-0.39, 0.29) is 17.8 Å². The molecule has 142 valence electrons. The van der Waals surface area contributed by atoms with Crippen molar-refractivity contribution in [2.24, 2.45) is 0 Å². The molecule has 0 atom stereocenters. The zero-order chi connectivity index (χ0) is 19.7. The van der Waals surface area contributed by atoms with E-state index in [1.54, 1.807) is 36.4 Å². The van der Waals surface area contributed by atoms with Crippen LogP contribution in [0.25, 0.3) is 22.6 Å². The van der Waals surface area contributed by atoms with E-state index >= 15 is 0 Å². The SMILES string of the molecule is O=c1ccc2nc3ccc(OCc4ccc(OP(=O)(O)O)cc4)cc3oc-2c1. The number of ether oxygens (including phenoxy) is 1. The molecule has 4 rings (SSSR count). The van der Waals surface area contributed by atoms with Crippen LogP contribution in [0.3, 0.4) is 0 Å². The number of phosphoric ester groups is 1.